The predicted octanol–water partition coefficient (Wildman–Crippen LogP) is 5.81. The maximum Gasteiger partial charge on any atom is 0.416 e. The van der Waals surface area contributed by atoms with Gasteiger partial charge < -0.3 is 15.5 Å². The van der Waals surface area contributed by atoms with Crippen molar-refractivity contribution in [2.24, 2.45) is 0 Å². The molecule has 5 rings (SSSR count). The Morgan fingerprint density at radius 1 is 1.07 bits per heavy atom. The van der Waals surface area contributed by atoms with E-state index < -0.39 is 17.6 Å². The summed E-state index contributed by atoms with van der Waals surface area (Å²) >= 11 is 0. The Morgan fingerprint density at radius 2 is 1.84 bits per heavy atom. The van der Waals surface area contributed by atoms with Crippen molar-refractivity contribution in [3.05, 3.63) is 89.6 Å². The molecule has 0 bridgehead atoms. The predicted molar refractivity (Wildman–Crippen MR) is 162 cm³/mol. The number of carbonyl (C=O) groups excluding carboxylic acids is 1. The van der Waals surface area contributed by atoms with Crippen molar-refractivity contribution in [2.75, 3.05) is 37.3 Å². The van der Waals surface area contributed by atoms with E-state index in [0.29, 0.717) is 36.1 Å². The monoisotopic (exact) mass is 612 g/mol. The zero-order chi connectivity index (χ0) is 29.9. The van der Waals surface area contributed by atoms with Gasteiger partial charge in [0.25, 0.3) is 5.91 Å². The number of likely N-dealkylation sites (N-methyl/N-ethyl adjacent to an activating group) is 1. The van der Waals surface area contributed by atoms with E-state index in [1.807, 2.05) is 18.9 Å². The molecule has 9 nitrogen and oxygen atoms in total. The average molecular weight is 613 g/mol. The van der Waals surface area contributed by atoms with E-state index in [-0.39, 0.29) is 36.1 Å². The zero-order valence-electron chi connectivity index (χ0n) is 23.9. The molecule has 0 unspecified atom stereocenters. The number of benzene rings is 2. The molecule has 4 aromatic rings. The number of aryl methyl sites for hydroxylation is 1. The molecule has 1 aliphatic heterocycles. The van der Waals surface area contributed by atoms with Gasteiger partial charge in [0.2, 0.25) is 5.95 Å². The number of hydrogen-bond acceptors (Lipinski definition) is 8. The van der Waals surface area contributed by atoms with Crippen molar-refractivity contribution < 1.29 is 18.0 Å². The van der Waals surface area contributed by atoms with Crippen LogP contribution in [0.5, 0.6) is 0 Å². The Bertz CT molecular complexity index is 1570. The molecular formula is C30H32ClF3N8O. The van der Waals surface area contributed by atoms with Crippen LogP contribution >= 0.6 is 12.4 Å². The third kappa shape index (κ3) is 7.83. The first-order valence-electron chi connectivity index (χ1n) is 13.5. The molecule has 43 heavy (non-hydrogen) atoms. The minimum atomic E-state index is -4.59. The lowest BCUT2D eigenvalue weighted by Crippen LogP contribution is -2.49. The first kappa shape index (κ1) is 31.8. The van der Waals surface area contributed by atoms with Crippen molar-refractivity contribution in [1.82, 2.24) is 29.7 Å². The maximum absolute atomic E-state index is 14.1. The molecule has 226 valence electrons. The second-order valence-corrected chi connectivity index (χ2v) is 10.4. The highest BCUT2D eigenvalue weighted by molar-refractivity contribution is 6.04. The Balaban J connectivity index is 0.00000423. The van der Waals surface area contributed by atoms with Crippen LogP contribution in [0.15, 0.2) is 67.4 Å². The summed E-state index contributed by atoms with van der Waals surface area (Å²) in [7, 11) is 2.01. The number of rotatable bonds is 7. The molecule has 1 atom stereocenters. The highest BCUT2D eigenvalue weighted by Gasteiger charge is 2.35. The minimum absolute atomic E-state index is 0. The molecule has 1 fully saturated rings. The summed E-state index contributed by atoms with van der Waals surface area (Å²) in [6, 6.07) is 10.9. The van der Waals surface area contributed by atoms with E-state index in [9.17, 15) is 18.0 Å². The molecule has 13 heteroatoms. The zero-order valence-corrected chi connectivity index (χ0v) is 24.7. The highest BCUT2D eigenvalue weighted by atomic mass is 35.5. The largest absolute Gasteiger partial charge is 0.416 e. The van der Waals surface area contributed by atoms with E-state index >= 15 is 0 Å². The summed E-state index contributed by atoms with van der Waals surface area (Å²) in [5, 5.41) is 5.87. The Morgan fingerprint density at radius 3 is 2.56 bits per heavy atom. The van der Waals surface area contributed by atoms with E-state index in [2.05, 4.69) is 42.4 Å². The van der Waals surface area contributed by atoms with Crippen LogP contribution in [0.2, 0.25) is 0 Å². The Labute approximate surface area is 254 Å². The van der Waals surface area contributed by atoms with Crippen LogP contribution in [-0.2, 0) is 12.7 Å². The number of hydrogen-bond donors (Lipinski definition) is 2. The van der Waals surface area contributed by atoms with Crippen molar-refractivity contribution in [3.63, 3.8) is 0 Å². The molecule has 2 aromatic carbocycles. The van der Waals surface area contributed by atoms with Gasteiger partial charge in [0.05, 0.1) is 11.3 Å². The van der Waals surface area contributed by atoms with Gasteiger partial charge in [-0.1, -0.05) is 12.1 Å². The van der Waals surface area contributed by atoms with Gasteiger partial charge in [-0.05, 0) is 62.4 Å². The van der Waals surface area contributed by atoms with Gasteiger partial charge in [-0.15, -0.1) is 12.4 Å². The van der Waals surface area contributed by atoms with Crippen LogP contribution in [-0.4, -0.2) is 68.4 Å². The fourth-order valence-corrected chi connectivity index (χ4v) is 4.80. The topological polar surface area (TPSA) is 99.2 Å². The van der Waals surface area contributed by atoms with Gasteiger partial charge in [-0.2, -0.15) is 13.2 Å². The SMILES string of the molecule is Cc1ccc(NC(=O)c2ccc(CN3CCN(C)[C@@H](C)C3)c(C(F)(F)F)c2)cc1Nc1nccc(-c2cncnc2)n1.Cl. The number of nitrogens with zero attached hydrogens (tertiary/aromatic N) is 6. The maximum atomic E-state index is 14.1. The van der Waals surface area contributed by atoms with Crippen LogP contribution < -0.4 is 10.6 Å². The number of amides is 1. The third-order valence-electron chi connectivity index (χ3n) is 7.37. The summed E-state index contributed by atoms with van der Waals surface area (Å²) in [6.07, 6.45) is 1.73. The summed E-state index contributed by atoms with van der Waals surface area (Å²) in [4.78, 5) is 34.1. The molecule has 2 N–H and O–H groups in total. The van der Waals surface area contributed by atoms with Crippen LogP contribution in [0.1, 0.15) is 34.0 Å². The molecule has 0 spiro atoms. The van der Waals surface area contributed by atoms with Crippen molar-refractivity contribution in [3.8, 4) is 11.3 Å². The van der Waals surface area contributed by atoms with Gasteiger partial charge in [0.15, 0.2) is 0 Å². The quantitative estimate of drug-likeness (QED) is 0.270. The first-order valence-corrected chi connectivity index (χ1v) is 13.5. The molecule has 2 aromatic heterocycles. The minimum Gasteiger partial charge on any atom is -0.324 e. The summed E-state index contributed by atoms with van der Waals surface area (Å²) in [6.45, 7) is 6.24. The molecule has 1 amide bonds. The van der Waals surface area contributed by atoms with E-state index in [1.165, 1.54) is 18.5 Å². The van der Waals surface area contributed by atoms with Crippen LogP contribution in [0, 0.1) is 6.92 Å². The van der Waals surface area contributed by atoms with Crippen molar-refractivity contribution >= 4 is 35.6 Å². The molecular weight excluding hydrogens is 581 g/mol. The normalized spacial score (nSPS) is 15.9. The van der Waals surface area contributed by atoms with Gasteiger partial charge in [0, 0.05) is 73.3 Å². The first-order chi connectivity index (χ1) is 20.1. The number of nitrogens with one attached hydrogen (secondary N) is 2. The molecule has 1 aliphatic rings. The van der Waals surface area contributed by atoms with Gasteiger partial charge >= 0.3 is 6.18 Å². The average Bonchev–Trinajstić information content (AvgIpc) is 2.97. The Kier molecular flexibility index (Phi) is 9.95. The lowest BCUT2D eigenvalue weighted by atomic mass is 10.0. The molecule has 1 saturated heterocycles. The van der Waals surface area contributed by atoms with E-state index in [0.717, 1.165) is 23.7 Å². The standard InChI is InChI=1S/C30H31F3N8O.ClH/c1-19-4-7-24(13-27(19)39-29-36-9-8-26(38-29)23-14-34-18-35-15-23)37-28(42)21-5-6-22(25(12-21)30(31,32)33)17-41-11-10-40(3)20(2)16-41;/h4-9,12-15,18,20H,10-11,16-17H2,1-3H3,(H,37,42)(H,36,38,39);1H/t20-;/m0./s1. The lowest BCUT2D eigenvalue weighted by molar-refractivity contribution is -0.138. The fraction of sp³-hybridized carbons (Fsp3) is 0.300. The number of carbonyl (C=O) groups is 1. The third-order valence-corrected chi connectivity index (χ3v) is 7.37. The lowest BCUT2D eigenvalue weighted by Gasteiger charge is -2.38. The second-order valence-electron chi connectivity index (χ2n) is 10.4. The number of piperazine rings is 1. The van der Waals surface area contributed by atoms with Gasteiger partial charge in [0.1, 0.15) is 6.33 Å². The smallest absolute Gasteiger partial charge is 0.324 e. The Hall–Kier alpha value is -4.13. The van der Waals surface area contributed by atoms with Crippen LogP contribution in [0.4, 0.5) is 30.5 Å². The summed E-state index contributed by atoms with van der Waals surface area (Å²) < 4.78 is 42.2. The van der Waals surface area contributed by atoms with Crippen molar-refractivity contribution in [2.45, 2.75) is 32.6 Å². The van der Waals surface area contributed by atoms with Gasteiger partial charge in [-0.3, -0.25) is 9.69 Å². The number of anilines is 3. The summed E-state index contributed by atoms with van der Waals surface area (Å²) in [5.74, 6) is -0.319. The fourth-order valence-electron chi connectivity index (χ4n) is 4.80. The summed E-state index contributed by atoms with van der Waals surface area (Å²) in [5.41, 5.74) is 2.52. The van der Waals surface area contributed by atoms with E-state index in [4.69, 9.17) is 0 Å². The van der Waals surface area contributed by atoms with Crippen molar-refractivity contribution in [1.29, 1.82) is 0 Å². The molecule has 0 saturated carbocycles. The van der Waals surface area contributed by atoms with Crippen LogP contribution in [0.3, 0.4) is 0 Å². The number of aromatic nitrogens is 4. The molecule has 0 aliphatic carbocycles. The second kappa shape index (κ2) is 13.4. The number of alkyl halides is 3. The molecule has 3 heterocycles. The number of halogens is 4. The van der Waals surface area contributed by atoms with Crippen LogP contribution in [0.25, 0.3) is 11.3 Å². The van der Waals surface area contributed by atoms with Gasteiger partial charge in [-0.25, -0.2) is 19.9 Å². The molecule has 0 radical (unpaired) electrons. The highest BCUT2D eigenvalue weighted by Crippen LogP contribution is 2.34. The van der Waals surface area contributed by atoms with E-state index in [1.54, 1.807) is 42.9 Å².